The Morgan fingerprint density at radius 2 is 1.19 bits per heavy atom. The highest BCUT2D eigenvalue weighted by Gasteiger charge is 2.64. The van der Waals surface area contributed by atoms with Crippen LogP contribution in [0.4, 0.5) is 0 Å². The number of hydrogen-bond donors (Lipinski definition) is 14. The van der Waals surface area contributed by atoms with Gasteiger partial charge in [-0.15, -0.1) is 0 Å². The fourth-order valence-corrected chi connectivity index (χ4v) is 15.9. The minimum absolute atomic E-state index is 0.00444. The Morgan fingerprint density at radius 3 is 1.76 bits per heavy atom. The highest BCUT2D eigenvalue weighted by atomic mass is 32.3. The van der Waals surface area contributed by atoms with Gasteiger partial charge in [0.05, 0.1) is 49.3 Å². The zero-order chi connectivity index (χ0) is 61.6. The quantitative estimate of drug-likeness (QED) is 0.0508. The van der Waals surface area contributed by atoms with Crippen LogP contribution in [0.5, 0.6) is 0 Å². The molecule has 4 aliphatic carbocycles. The minimum Gasteiger partial charge on any atom is -0.394 e. The van der Waals surface area contributed by atoms with Crippen LogP contribution in [0.1, 0.15) is 107 Å². The van der Waals surface area contributed by atoms with Gasteiger partial charge in [-0.3, -0.25) is 9.35 Å². The van der Waals surface area contributed by atoms with Crippen LogP contribution in [-0.4, -0.2) is 264 Å². The highest BCUT2D eigenvalue weighted by Crippen LogP contribution is 2.67. The second-order valence-corrected chi connectivity index (χ2v) is 27.2. The van der Waals surface area contributed by atoms with Gasteiger partial charge in [0, 0.05) is 12.3 Å². The molecule has 33 atom stereocenters. The van der Waals surface area contributed by atoms with Crippen LogP contribution in [-0.2, 0) is 66.7 Å². The van der Waals surface area contributed by atoms with Crippen molar-refractivity contribution in [2.45, 2.75) is 272 Å². The molecule has 5 saturated heterocycles. The van der Waals surface area contributed by atoms with Crippen molar-refractivity contribution in [2.75, 3.05) is 13.2 Å². The number of ether oxygens (including phenoxy) is 10. The third-order valence-electron chi connectivity index (χ3n) is 20.3. The third kappa shape index (κ3) is 12.9. The maximum absolute atomic E-state index is 13.1. The summed E-state index contributed by atoms with van der Waals surface area (Å²) >= 11 is 0. The van der Waals surface area contributed by atoms with Crippen LogP contribution in [0, 0.1) is 40.4 Å². The molecule has 29 heteroatoms. The van der Waals surface area contributed by atoms with E-state index in [1.54, 1.807) is 20.8 Å². The smallest absolute Gasteiger partial charge is 0.394 e. The highest BCUT2D eigenvalue weighted by molar-refractivity contribution is 7.80. The van der Waals surface area contributed by atoms with Gasteiger partial charge < -0.3 is 114 Å². The molecular weight excluding hydrogens is 1140 g/mol. The van der Waals surface area contributed by atoms with Crippen LogP contribution >= 0.6 is 0 Å². The van der Waals surface area contributed by atoms with Crippen LogP contribution in [0.25, 0.3) is 0 Å². The number of rotatable bonds is 17. The summed E-state index contributed by atoms with van der Waals surface area (Å²) in [6.45, 7) is 12.2. The van der Waals surface area contributed by atoms with Crippen molar-refractivity contribution in [1.82, 2.24) is 0 Å². The fourth-order valence-electron chi connectivity index (χ4n) is 15.4. The van der Waals surface area contributed by atoms with Gasteiger partial charge in [-0.25, -0.2) is 4.18 Å². The molecule has 28 nitrogen and oxygen atoms in total. The Balaban J connectivity index is 0.985. The van der Waals surface area contributed by atoms with E-state index in [-0.39, 0.29) is 48.7 Å². The average molecular weight is 1230 g/mol. The Morgan fingerprint density at radius 1 is 0.643 bits per heavy atom. The molecule has 8 fully saturated rings. The number of aliphatic hydroxyl groups is 13. The molecule has 84 heavy (non-hydrogen) atoms. The van der Waals surface area contributed by atoms with Gasteiger partial charge in [-0.05, 0) is 107 Å². The van der Waals surface area contributed by atoms with Crippen molar-refractivity contribution in [1.29, 1.82) is 0 Å². The van der Waals surface area contributed by atoms with E-state index in [0.717, 1.165) is 5.57 Å². The molecule has 3 saturated carbocycles. The monoisotopic (exact) mass is 1230 g/mol. The number of carbonyl (C=O) groups is 1. The molecule has 0 bridgehead atoms. The predicted molar refractivity (Wildman–Crippen MR) is 281 cm³/mol. The summed E-state index contributed by atoms with van der Waals surface area (Å²) in [4.78, 5) is 13.1. The van der Waals surface area contributed by atoms with E-state index >= 15 is 0 Å². The van der Waals surface area contributed by atoms with Gasteiger partial charge in [-0.1, -0.05) is 39.3 Å². The number of allylic oxidation sites excluding steroid dienone is 2. The summed E-state index contributed by atoms with van der Waals surface area (Å²) in [6, 6.07) is 0. The lowest BCUT2D eigenvalue weighted by Gasteiger charge is -2.60. The molecule has 9 rings (SSSR count). The zero-order valence-electron chi connectivity index (χ0n) is 48.4. The Kier molecular flexibility index (Phi) is 20.3. The van der Waals surface area contributed by atoms with E-state index in [1.807, 2.05) is 0 Å². The molecule has 9 aliphatic rings. The van der Waals surface area contributed by atoms with Crippen molar-refractivity contribution in [3.8, 4) is 0 Å². The van der Waals surface area contributed by atoms with Crippen molar-refractivity contribution >= 4 is 16.2 Å². The van der Waals surface area contributed by atoms with Crippen molar-refractivity contribution in [3.05, 3.63) is 11.6 Å². The first kappa shape index (κ1) is 66.8. The number of fused-ring (bicyclic) bond motifs is 5. The van der Waals surface area contributed by atoms with Gasteiger partial charge >= 0.3 is 10.4 Å². The second kappa shape index (κ2) is 25.6. The molecule has 484 valence electrons. The first-order chi connectivity index (χ1) is 39.2. The predicted octanol–water partition coefficient (Wildman–Crippen LogP) is -3.07. The molecule has 4 unspecified atom stereocenters. The van der Waals surface area contributed by atoms with E-state index in [0.29, 0.717) is 32.1 Å². The van der Waals surface area contributed by atoms with Crippen molar-refractivity contribution < 1.29 is 136 Å². The molecule has 0 spiro atoms. The van der Waals surface area contributed by atoms with Gasteiger partial charge in [0.1, 0.15) is 103 Å². The van der Waals surface area contributed by atoms with E-state index in [4.69, 9.17) is 51.6 Å². The normalized spacial score (nSPS) is 51.7. The topological polar surface area (TPSA) is 436 Å². The lowest BCUT2D eigenvalue weighted by atomic mass is 9.47. The van der Waals surface area contributed by atoms with E-state index in [2.05, 4.69) is 19.9 Å². The molecule has 0 aromatic carbocycles. The molecule has 14 N–H and O–H groups in total. The SMILES string of the molecule is CC(C)C(=O)CC(C)(O)[C@H]1CCC2C3C[C@H](O[C@@H]4O[C@H](C)[C@@H](O)[C@H](O[C@@H]5OC[C@@H](O[C@@H]6O[C@H](CO)[C@H](O)[C@H](O)[C@H]6O[C@@H]6O[C@H](C)[C@H](O)[C@H](O)[C@H]6O)[C@H](O)[C@H]5O[C@@H]5O[C@H](C)[C@@H](O)[C@H](O)[C@H]5O)[C@H]4O)C4C[C@@H](OS(=O)(=O)O)CC[C@]4(C)C3=CC[C@@]21C. The van der Waals surface area contributed by atoms with Gasteiger partial charge in [0.2, 0.25) is 0 Å². The maximum Gasteiger partial charge on any atom is 0.397 e. The van der Waals surface area contributed by atoms with Gasteiger partial charge in [0.25, 0.3) is 0 Å². The molecule has 0 radical (unpaired) electrons. The summed E-state index contributed by atoms with van der Waals surface area (Å²) in [5.74, 6) is -1.22. The number of Topliss-reactive ketones (excluding diaryl/α,β-unsaturated/α-hetero) is 1. The Bertz CT molecular complexity index is 2400. The van der Waals surface area contributed by atoms with Crippen LogP contribution in [0.15, 0.2) is 11.6 Å². The molecule has 0 aromatic rings. The van der Waals surface area contributed by atoms with E-state index < -0.39 is 206 Å². The lowest BCUT2D eigenvalue weighted by molar-refractivity contribution is -0.398. The largest absolute Gasteiger partial charge is 0.397 e. The van der Waals surface area contributed by atoms with Crippen LogP contribution in [0.3, 0.4) is 0 Å². The summed E-state index contributed by atoms with van der Waals surface area (Å²) in [5.41, 5.74) is -1.27. The van der Waals surface area contributed by atoms with Crippen molar-refractivity contribution in [2.24, 2.45) is 40.4 Å². The maximum atomic E-state index is 13.1. The number of aliphatic hydroxyl groups excluding tert-OH is 12. The summed E-state index contributed by atoms with van der Waals surface area (Å²) < 4.78 is 100. The lowest BCUT2D eigenvalue weighted by Crippen LogP contribution is -2.67. The Hall–Kier alpha value is -1.64. The van der Waals surface area contributed by atoms with Crippen LogP contribution < -0.4 is 0 Å². The van der Waals surface area contributed by atoms with Crippen LogP contribution in [0.2, 0.25) is 0 Å². The number of hydrogen-bond acceptors (Lipinski definition) is 27. The molecule has 5 aliphatic heterocycles. The molecule has 0 aromatic heterocycles. The first-order valence-corrected chi connectivity index (χ1v) is 30.8. The fraction of sp³-hybridized carbons (Fsp3) is 0.945. The summed E-state index contributed by atoms with van der Waals surface area (Å²) in [6.07, 6.45) is -37.5. The van der Waals surface area contributed by atoms with E-state index in [1.165, 1.54) is 20.8 Å². The summed E-state index contributed by atoms with van der Waals surface area (Å²) in [5, 5.41) is 145. The Labute approximate surface area is 487 Å². The third-order valence-corrected chi connectivity index (χ3v) is 20.8. The standard InChI is InChI=1S/C55H90O28S/c1-20(2)29(57)17-55(8,69)33-10-9-26-25-16-30(28-15-24(83-84(70,71)72)11-13-53(28,6)27(25)12-14-54(26,33)7)77-50-44(68)45(36(60)23(5)76-50)80-51-46(81-48-42(66)39(63)34(58)21(3)74-48)38(62)32(19-73-51)79-52-47(41(65)37(61)31(18-56)78-52)82-49-43(67)40(64)35(59)22(4)75-49/h12,20-26,28,30-52,56,58-69H,9-11,13-19H2,1-8H3,(H,70,71,72)/t21-,22-,23-,24+,25?,26?,28?,30+,31-,32-,33+,34-,35+,36-,37+,38+,39+,40+,41+,42-,43-,44-,45+,46-,47-,48+,49+,50+,51+,52+,53-,54+,55?/m1/s1. The van der Waals surface area contributed by atoms with Crippen molar-refractivity contribution in [3.63, 3.8) is 0 Å². The zero-order valence-corrected chi connectivity index (χ0v) is 49.2. The van der Waals surface area contributed by atoms with Gasteiger partial charge in [0.15, 0.2) is 31.5 Å². The second-order valence-electron chi connectivity index (χ2n) is 26.2. The van der Waals surface area contributed by atoms with E-state index in [9.17, 15) is 84.1 Å². The average Bonchev–Trinajstić information content (AvgIpc) is 1.69. The molecule has 0 amide bonds. The van der Waals surface area contributed by atoms with Gasteiger partial charge in [-0.2, -0.15) is 8.42 Å². The first-order valence-electron chi connectivity index (χ1n) is 29.4. The number of ketones is 1. The minimum atomic E-state index is -4.88. The number of carbonyl (C=O) groups excluding carboxylic acids is 1. The molecular formula is C55H90O28S. The molecule has 5 heterocycles. The summed E-state index contributed by atoms with van der Waals surface area (Å²) in [7, 11) is -4.88.